The number of fused-ring (bicyclic) bond motifs is 8. The van der Waals surface area contributed by atoms with Gasteiger partial charge in [0.2, 0.25) is 0 Å². The molecule has 0 amide bonds. The molecule has 11 heterocycles. The standard InChI is InChI=1S/C45H30N6.C42H27N9.C32H22N4/c1-4-16-34(17-5-1)49-40-25-13-10-22-37(40)46-43(49)31-28-32(44-47-38-23-11-14-26-41(38)50(44)35-18-6-2-7-19-35)30-33(29-31)45-48-39-24-12-15-27-42(39)51(45)36-20-8-3-9-21-36;1-4-13-31(14-5-1)49-37(46-34-19-10-22-43-40(34)49)28-25-29(38-47-35-20-11-23-44-41(35)50(38)32-15-6-2-7-16-32)27-30(26-28)39-48-36-21-12-24-45-42(36)51(39)33-17-8-3-9-18-33;1-3-11-25(12-4-1)35-29-17-9-7-15-27(29)33-31(35)23-19-21-24(22-20-23)32-34-28-16-8-10-18-30(28)36(32)26-13-5-2-6-14-26/h1-30H;1-27H;1-22H. The lowest BCUT2D eigenvalue weighted by Gasteiger charge is -2.15. The number of para-hydroxylation sites is 18. The van der Waals surface area contributed by atoms with Gasteiger partial charge in [-0.1, -0.05) is 231 Å². The summed E-state index contributed by atoms with van der Waals surface area (Å²) in [6, 6.07) is 158. The van der Waals surface area contributed by atoms with Crippen molar-refractivity contribution in [2.24, 2.45) is 0 Å². The molecule has 0 fully saturated rings. The Balaban J connectivity index is 0.000000112. The van der Waals surface area contributed by atoms with Crippen molar-refractivity contribution < 1.29 is 0 Å². The zero-order valence-corrected chi connectivity index (χ0v) is 74.1. The lowest BCUT2D eigenvalue weighted by atomic mass is 10.0. The van der Waals surface area contributed by atoms with Crippen molar-refractivity contribution in [3.05, 3.63) is 480 Å². The monoisotopic (exact) mass is 1770 g/mol. The third-order valence-electron chi connectivity index (χ3n) is 25.0. The second-order valence-corrected chi connectivity index (χ2v) is 33.5. The van der Waals surface area contributed by atoms with E-state index in [9.17, 15) is 0 Å². The van der Waals surface area contributed by atoms with Gasteiger partial charge in [0.25, 0.3) is 0 Å². The molecule has 19 nitrogen and oxygen atoms in total. The minimum absolute atomic E-state index is 0.749. The summed E-state index contributed by atoms with van der Waals surface area (Å²) in [5.74, 6) is 6.62. The SMILES string of the molecule is c1ccc(-n2c(-c3cc(-c4nc5ccccc5n4-c4ccccc4)cc(-c4nc5ccccc5n4-c4ccccc4)c3)nc3ccccc32)cc1.c1ccc(-n2c(-c3cc(-c4nc5cccnc5n4-c4ccccc4)cc(-c4nc5cccnc5n4-c4ccccc4)c3)nc3cccnc32)cc1.c1ccc(-n2c(-c3ccc(-c4nc5ccccc5n4-c4ccccc4)cc3)nc3ccccc32)cc1. The maximum atomic E-state index is 5.28. The van der Waals surface area contributed by atoms with Crippen molar-refractivity contribution in [3.8, 4) is 137 Å². The molecule has 0 saturated heterocycles. The van der Waals surface area contributed by atoms with Gasteiger partial charge in [-0.15, -0.1) is 0 Å². The minimum atomic E-state index is 0.749. The summed E-state index contributed by atoms with van der Waals surface area (Å²) in [6.07, 6.45) is 5.42. The number of imidazole rings is 8. The molecule has 16 aromatic carbocycles. The number of hydrogen-bond donors (Lipinski definition) is 0. The Morgan fingerprint density at radius 2 is 0.275 bits per heavy atom. The van der Waals surface area contributed by atoms with Crippen molar-refractivity contribution in [1.29, 1.82) is 0 Å². The number of nitrogens with zero attached hydrogens (tertiary/aromatic N) is 19. The van der Waals surface area contributed by atoms with E-state index >= 15 is 0 Å². The summed E-state index contributed by atoms with van der Waals surface area (Å²) in [7, 11) is 0. The molecular weight excluding hydrogens is 1700 g/mol. The fraction of sp³-hybridized carbons (Fsp3) is 0. The Labute approximate surface area is 791 Å². The highest BCUT2D eigenvalue weighted by atomic mass is 15.2. The van der Waals surface area contributed by atoms with Crippen LogP contribution in [0.5, 0.6) is 0 Å². The molecule has 0 bridgehead atoms. The van der Waals surface area contributed by atoms with Gasteiger partial charge in [0.1, 0.15) is 63.1 Å². The van der Waals surface area contributed by atoms with Crippen molar-refractivity contribution in [1.82, 2.24) is 91.4 Å². The molecule has 0 aliphatic heterocycles. The van der Waals surface area contributed by atoms with Crippen LogP contribution in [0.3, 0.4) is 0 Å². The number of hydrogen-bond acceptors (Lipinski definition) is 11. The first-order valence-electron chi connectivity index (χ1n) is 45.7. The average molecular weight is 1780 g/mol. The van der Waals surface area contributed by atoms with Crippen LogP contribution >= 0.6 is 0 Å². The number of benzene rings is 16. The van der Waals surface area contributed by atoms with Crippen LogP contribution in [-0.2, 0) is 0 Å². The quantitative estimate of drug-likeness (QED) is 0.0898. The van der Waals surface area contributed by atoms with E-state index in [4.69, 9.17) is 54.8 Å². The fourth-order valence-electron chi connectivity index (χ4n) is 18.9. The van der Waals surface area contributed by atoms with Crippen molar-refractivity contribution in [2.75, 3.05) is 0 Å². The molecule has 0 spiro atoms. The highest BCUT2D eigenvalue weighted by Crippen LogP contribution is 2.43. The average Bonchev–Trinajstić information content (AvgIpc) is 1.58. The maximum absolute atomic E-state index is 5.28. The molecule has 0 unspecified atom stereocenters. The van der Waals surface area contributed by atoms with Crippen LogP contribution in [0.4, 0.5) is 0 Å². The summed E-state index contributed by atoms with van der Waals surface area (Å²) in [4.78, 5) is 55.8. The first-order chi connectivity index (χ1) is 68.5. The molecule has 0 aliphatic rings. The van der Waals surface area contributed by atoms with Gasteiger partial charge >= 0.3 is 0 Å². The Morgan fingerprint density at radius 3 is 0.478 bits per heavy atom. The lowest BCUT2D eigenvalue weighted by Crippen LogP contribution is -2.02. The van der Waals surface area contributed by atoms with Crippen LogP contribution in [0.2, 0.25) is 0 Å². The molecule has 0 aliphatic carbocycles. The first kappa shape index (κ1) is 80.8. The lowest BCUT2D eigenvalue weighted by molar-refractivity contribution is 1.06. The molecule has 0 radical (unpaired) electrons. The van der Waals surface area contributed by atoms with E-state index < -0.39 is 0 Å². The van der Waals surface area contributed by atoms with E-state index in [0.29, 0.717) is 0 Å². The van der Waals surface area contributed by atoms with Gasteiger partial charge < -0.3 is 0 Å². The molecule has 0 saturated carbocycles. The zero-order chi connectivity index (χ0) is 91.4. The van der Waals surface area contributed by atoms with E-state index in [1.807, 2.05) is 152 Å². The smallest absolute Gasteiger partial charge is 0.164 e. The summed E-state index contributed by atoms with van der Waals surface area (Å²) in [5.41, 5.74) is 30.6. The van der Waals surface area contributed by atoms with Crippen molar-refractivity contribution >= 4 is 88.7 Å². The van der Waals surface area contributed by atoms with Crippen LogP contribution in [0.15, 0.2) is 480 Å². The minimum Gasteiger partial charge on any atom is -0.292 e. The third kappa shape index (κ3) is 14.6. The predicted octanol–water partition coefficient (Wildman–Crippen LogP) is 27.3. The highest BCUT2D eigenvalue weighted by Gasteiger charge is 2.28. The van der Waals surface area contributed by atoms with E-state index in [-0.39, 0.29) is 0 Å². The van der Waals surface area contributed by atoms with Gasteiger partial charge in [-0.25, -0.2) is 54.8 Å². The van der Waals surface area contributed by atoms with Crippen LogP contribution in [0, 0.1) is 0 Å². The first-order valence-corrected chi connectivity index (χ1v) is 45.7. The molecule has 0 atom stereocenters. The topological polar surface area (TPSA) is 181 Å². The normalized spacial score (nSPS) is 11.5. The molecule has 27 aromatic rings. The Kier molecular flexibility index (Phi) is 20.4. The fourth-order valence-corrected chi connectivity index (χ4v) is 18.9. The predicted molar refractivity (Wildman–Crippen MR) is 553 cm³/mol. The zero-order valence-electron chi connectivity index (χ0n) is 74.1. The molecule has 11 aromatic heterocycles. The Bertz CT molecular complexity index is 8000. The molecule has 27 rings (SSSR count). The van der Waals surface area contributed by atoms with E-state index in [2.05, 4.69) is 346 Å². The van der Waals surface area contributed by atoms with E-state index in [1.165, 1.54) is 0 Å². The van der Waals surface area contributed by atoms with Crippen LogP contribution in [0.1, 0.15) is 0 Å². The van der Waals surface area contributed by atoms with E-state index in [1.54, 1.807) is 18.6 Å². The van der Waals surface area contributed by atoms with E-state index in [0.717, 1.165) is 225 Å². The molecule has 0 N–H and O–H groups in total. The van der Waals surface area contributed by atoms with Gasteiger partial charge in [-0.2, -0.15) is 0 Å². The largest absolute Gasteiger partial charge is 0.292 e. The highest BCUT2D eigenvalue weighted by molar-refractivity contribution is 5.94. The maximum Gasteiger partial charge on any atom is 0.164 e. The van der Waals surface area contributed by atoms with Crippen LogP contribution in [0.25, 0.3) is 225 Å². The molecule has 650 valence electrons. The summed E-state index contributed by atoms with van der Waals surface area (Å²) >= 11 is 0. The second-order valence-electron chi connectivity index (χ2n) is 33.5. The third-order valence-corrected chi connectivity index (χ3v) is 25.0. The summed E-state index contributed by atoms with van der Waals surface area (Å²) in [5, 5.41) is 0. The molecule has 19 heteroatoms. The number of rotatable bonds is 16. The Hall–Kier alpha value is -19.3. The van der Waals surface area contributed by atoms with Crippen LogP contribution in [-0.4, -0.2) is 91.4 Å². The van der Waals surface area contributed by atoms with Gasteiger partial charge in [-0.3, -0.25) is 36.5 Å². The summed E-state index contributed by atoms with van der Waals surface area (Å²) in [6.45, 7) is 0. The van der Waals surface area contributed by atoms with Gasteiger partial charge in [0.05, 0.1) is 55.2 Å². The second kappa shape index (κ2) is 34.8. The number of pyridine rings is 3. The van der Waals surface area contributed by atoms with Crippen LogP contribution < -0.4 is 0 Å². The number of aromatic nitrogens is 19. The van der Waals surface area contributed by atoms with Crippen molar-refractivity contribution in [3.63, 3.8) is 0 Å². The Morgan fingerprint density at radius 1 is 0.123 bits per heavy atom. The van der Waals surface area contributed by atoms with Gasteiger partial charge in [0.15, 0.2) is 16.9 Å². The van der Waals surface area contributed by atoms with Gasteiger partial charge in [-0.05, 0) is 231 Å². The van der Waals surface area contributed by atoms with Gasteiger partial charge in [0, 0.05) is 109 Å². The summed E-state index contributed by atoms with van der Waals surface area (Å²) < 4.78 is 17.5. The van der Waals surface area contributed by atoms with Crippen molar-refractivity contribution in [2.45, 2.75) is 0 Å². The molecule has 138 heavy (non-hydrogen) atoms. The molecular formula is C119H79N19.